The summed E-state index contributed by atoms with van der Waals surface area (Å²) in [6.07, 6.45) is 6.96. The summed E-state index contributed by atoms with van der Waals surface area (Å²) in [5.41, 5.74) is 2.36. The summed E-state index contributed by atoms with van der Waals surface area (Å²) in [5, 5.41) is 4.28. The molecule has 1 spiro atoms. The van der Waals surface area contributed by atoms with E-state index in [1.165, 1.54) is 6.20 Å². The number of aryl methyl sites for hydroxylation is 1. The fraction of sp³-hybridized carbons (Fsp3) is 0.524. The minimum absolute atomic E-state index is 0.170. The summed E-state index contributed by atoms with van der Waals surface area (Å²) < 4.78 is 24.4. The number of hydrogen-bond acceptors (Lipinski definition) is 6. The highest BCUT2D eigenvalue weighted by atomic mass is 16.7. The fourth-order valence-electron chi connectivity index (χ4n) is 3.86. The lowest BCUT2D eigenvalue weighted by atomic mass is 9.92. The number of carbonyl (C=O) groups excluding carboxylic acids is 1. The van der Waals surface area contributed by atoms with E-state index in [0.717, 1.165) is 42.7 Å². The van der Waals surface area contributed by atoms with Crippen molar-refractivity contribution in [3.05, 3.63) is 41.7 Å². The van der Waals surface area contributed by atoms with E-state index in [2.05, 4.69) is 5.10 Å². The largest absolute Gasteiger partial charge is 0.490 e. The summed E-state index contributed by atoms with van der Waals surface area (Å²) in [4.78, 5) is 11.8. The third kappa shape index (κ3) is 3.91. The van der Waals surface area contributed by atoms with Crippen molar-refractivity contribution in [2.75, 3.05) is 19.8 Å². The van der Waals surface area contributed by atoms with Crippen LogP contribution in [0.3, 0.4) is 0 Å². The molecule has 0 radical (unpaired) electrons. The van der Waals surface area contributed by atoms with E-state index in [0.29, 0.717) is 25.4 Å². The fourth-order valence-corrected chi connectivity index (χ4v) is 3.86. The van der Waals surface area contributed by atoms with Crippen LogP contribution in [0.2, 0.25) is 0 Å². The first-order chi connectivity index (χ1) is 13.6. The molecule has 1 aromatic carbocycles. The van der Waals surface area contributed by atoms with Crippen molar-refractivity contribution in [1.29, 1.82) is 0 Å². The molecule has 2 fully saturated rings. The molecule has 1 aliphatic carbocycles. The number of ether oxygens (including phenoxy) is 4. The lowest BCUT2D eigenvalue weighted by Crippen LogP contribution is -2.38. The molecule has 0 unspecified atom stereocenters. The Kier molecular flexibility index (Phi) is 5.37. The molecule has 2 aliphatic rings. The molecule has 2 heterocycles. The Balaban J connectivity index is 1.40. The van der Waals surface area contributed by atoms with E-state index in [1.807, 2.05) is 25.1 Å². The van der Waals surface area contributed by atoms with Gasteiger partial charge in [-0.15, -0.1) is 0 Å². The zero-order chi connectivity index (χ0) is 19.6. The van der Waals surface area contributed by atoms with Crippen molar-refractivity contribution in [2.24, 2.45) is 0 Å². The topological polar surface area (TPSA) is 71.8 Å². The first-order valence-corrected chi connectivity index (χ1v) is 9.86. The highest BCUT2D eigenvalue weighted by molar-refractivity contribution is 5.88. The molecule has 0 amide bonds. The Bertz CT molecular complexity index is 831. The van der Waals surface area contributed by atoms with Gasteiger partial charge in [0.1, 0.15) is 5.75 Å². The Morgan fingerprint density at radius 3 is 2.71 bits per heavy atom. The van der Waals surface area contributed by atoms with Crippen molar-refractivity contribution in [1.82, 2.24) is 9.78 Å². The van der Waals surface area contributed by atoms with Gasteiger partial charge in [-0.25, -0.2) is 9.48 Å². The predicted octanol–water partition coefficient (Wildman–Crippen LogP) is 3.42. The zero-order valence-corrected chi connectivity index (χ0v) is 16.3. The highest BCUT2D eigenvalue weighted by Gasteiger charge is 2.40. The highest BCUT2D eigenvalue weighted by Crippen LogP contribution is 2.37. The second kappa shape index (κ2) is 7.93. The molecule has 0 atom stereocenters. The van der Waals surface area contributed by atoms with E-state index in [-0.39, 0.29) is 17.9 Å². The number of rotatable bonds is 5. The van der Waals surface area contributed by atoms with Crippen molar-refractivity contribution in [2.45, 2.75) is 51.4 Å². The minimum atomic E-state index is -0.365. The van der Waals surface area contributed by atoms with Crippen LogP contribution in [0.15, 0.2) is 30.6 Å². The van der Waals surface area contributed by atoms with Crippen molar-refractivity contribution in [3.63, 3.8) is 0 Å². The third-order valence-electron chi connectivity index (χ3n) is 5.32. The molecule has 4 rings (SSSR count). The molecule has 0 N–H and O–H groups in total. The lowest BCUT2D eigenvalue weighted by Gasteiger charge is -2.35. The molecule has 1 saturated heterocycles. The van der Waals surface area contributed by atoms with Gasteiger partial charge in [0.15, 0.2) is 5.79 Å². The summed E-state index contributed by atoms with van der Waals surface area (Å²) in [6.45, 7) is 5.51. The molecule has 150 valence electrons. The summed E-state index contributed by atoms with van der Waals surface area (Å²) in [5.74, 6) is 0.112. The average Bonchev–Trinajstić information content (AvgIpc) is 3.35. The molecule has 7 nitrogen and oxygen atoms in total. The minimum Gasteiger partial charge on any atom is -0.490 e. The van der Waals surface area contributed by atoms with Gasteiger partial charge in [0, 0.05) is 19.0 Å². The first-order valence-electron chi connectivity index (χ1n) is 9.86. The number of nitrogens with zero attached hydrogens (tertiary/aromatic N) is 2. The predicted molar refractivity (Wildman–Crippen MR) is 102 cm³/mol. The van der Waals surface area contributed by atoms with Crippen LogP contribution >= 0.6 is 0 Å². The van der Waals surface area contributed by atoms with Crippen molar-refractivity contribution >= 4 is 5.97 Å². The third-order valence-corrected chi connectivity index (χ3v) is 5.32. The van der Waals surface area contributed by atoms with E-state index < -0.39 is 0 Å². The monoisotopic (exact) mass is 386 g/mol. The zero-order valence-electron chi connectivity index (χ0n) is 16.3. The van der Waals surface area contributed by atoms with Gasteiger partial charge in [-0.2, -0.15) is 5.10 Å². The normalized spacial score (nSPS) is 19.1. The molecular weight excluding hydrogens is 360 g/mol. The average molecular weight is 386 g/mol. The Hall–Kier alpha value is -2.38. The van der Waals surface area contributed by atoms with Gasteiger partial charge in [-0.1, -0.05) is 0 Å². The molecule has 28 heavy (non-hydrogen) atoms. The van der Waals surface area contributed by atoms with Gasteiger partial charge in [0.2, 0.25) is 0 Å². The van der Waals surface area contributed by atoms with E-state index in [1.54, 1.807) is 17.8 Å². The SMILES string of the molecule is CCOC(=O)c1cnn(-c2ccc(OC3CCC4(CC3)OCCO4)cc2C)c1. The van der Waals surface area contributed by atoms with Gasteiger partial charge >= 0.3 is 5.97 Å². The second-order valence-electron chi connectivity index (χ2n) is 7.27. The standard InChI is InChI=1S/C21H26N2O5/c1-3-25-20(24)16-13-22-23(14-16)19-5-4-18(12-15(19)2)28-17-6-8-21(9-7-17)26-10-11-27-21/h4-5,12-14,17H,3,6-11H2,1-2H3. The molecule has 7 heteroatoms. The van der Waals surface area contributed by atoms with Gasteiger partial charge in [-0.3, -0.25) is 0 Å². The van der Waals surface area contributed by atoms with Crippen LogP contribution in [-0.4, -0.2) is 47.5 Å². The maximum atomic E-state index is 11.8. The Morgan fingerprint density at radius 2 is 2.04 bits per heavy atom. The maximum Gasteiger partial charge on any atom is 0.341 e. The number of hydrogen-bond donors (Lipinski definition) is 0. The van der Waals surface area contributed by atoms with E-state index in [4.69, 9.17) is 18.9 Å². The van der Waals surface area contributed by atoms with Crippen LogP contribution in [0.1, 0.15) is 48.5 Å². The molecule has 1 aliphatic heterocycles. The number of esters is 1. The summed E-state index contributed by atoms with van der Waals surface area (Å²) in [7, 11) is 0. The number of benzene rings is 1. The van der Waals surface area contributed by atoms with Crippen LogP contribution in [0.4, 0.5) is 0 Å². The molecule has 0 bridgehead atoms. The summed E-state index contributed by atoms with van der Waals surface area (Å²) in [6, 6.07) is 5.91. The lowest BCUT2D eigenvalue weighted by molar-refractivity contribution is -0.186. The molecule has 1 aromatic heterocycles. The van der Waals surface area contributed by atoms with E-state index >= 15 is 0 Å². The van der Waals surface area contributed by atoms with Gasteiger partial charge in [0.25, 0.3) is 0 Å². The van der Waals surface area contributed by atoms with Crippen LogP contribution in [0, 0.1) is 6.92 Å². The number of aromatic nitrogens is 2. The van der Waals surface area contributed by atoms with Crippen molar-refractivity contribution in [3.8, 4) is 11.4 Å². The molecular formula is C21H26N2O5. The van der Waals surface area contributed by atoms with Gasteiger partial charge in [-0.05, 0) is 50.5 Å². The second-order valence-corrected chi connectivity index (χ2v) is 7.27. The smallest absolute Gasteiger partial charge is 0.341 e. The van der Waals surface area contributed by atoms with Gasteiger partial charge in [0.05, 0.1) is 43.4 Å². The maximum absolute atomic E-state index is 11.8. The van der Waals surface area contributed by atoms with Crippen LogP contribution in [0.5, 0.6) is 5.75 Å². The Morgan fingerprint density at radius 1 is 1.29 bits per heavy atom. The molecule has 2 aromatic rings. The Labute approximate surface area is 164 Å². The van der Waals surface area contributed by atoms with Gasteiger partial charge < -0.3 is 18.9 Å². The first kappa shape index (κ1) is 19.0. The van der Waals surface area contributed by atoms with E-state index in [9.17, 15) is 4.79 Å². The van der Waals surface area contributed by atoms with Crippen LogP contribution < -0.4 is 4.74 Å². The van der Waals surface area contributed by atoms with Crippen LogP contribution in [-0.2, 0) is 14.2 Å². The summed E-state index contributed by atoms with van der Waals surface area (Å²) >= 11 is 0. The van der Waals surface area contributed by atoms with Crippen molar-refractivity contribution < 1.29 is 23.7 Å². The quantitative estimate of drug-likeness (QED) is 0.733. The van der Waals surface area contributed by atoms with Crippen LogP contribution in [0.25, 0.3) is 5.69 Å². The molecule has 1 saturated carbocycles. The number of carbonyl (C=O) groups is 1.